The first kappa shape index (κ1) is 12.6. The van der Waals surface area contributed by atoms with Gasteiger partial charge in [-0.1, -0.05) is 0 Å². The van der Waals surface area contributed by atoms with Crippen LogP contribution in [0.5, 0.6) is 11.5 Å². The van der Waals surface area contributed by atoms with Gasteiger partial charge in [0.2, 0.25) is 6.08 Å². The van der Waals surface area contributed by atoms with Crippen LogP contribution in [0.4, 0.5) is 0 Å². The third kappa shape index (κ3) is 2.52. The molecule has 0 saturated carbocycles. The molecule has 6 nitrogen and oxygen atoms in total. The molecule has 0 saturated heterocycles. The van der Waals surface area contributed by atoms with Gasteiger partial charge in [-0.15, -0.1) is 0 Å². The summed E-state index contributed by atoms with van der Waals surface area (Å²) in [7, 11) is -3.42. The summed E-state index contributed by atoms with van der Waals surface area (Å²) in [4.78, 5) is 13.6. The third-order valence-corrected chi connectivity index (χ3v) is 3.62. The van der Waals surface area contributed by atoms with E-state index in [1.165, 1.54) is 18.2 Å². The Morgan fingerprint density at radius 1 is 1.28 bits per heavy atom. The topological polar surface area (TPSA) is 82.0 Å². The summed E-state index contributed by atoms with van der Waals surface area (Å²) in [6, 6.07) is 2.94. The Bertz CT molecular complexity index is 617. The number of rotatable bonds is 3. The van der Waals surface area contributed by atoms with Crippen LogP contribution in [0.25, 0.3) is 0 Å². The molecular weight excluding hydrogens is 258 g/mol. The molecule has 0 radical (unpaired) electrons. The summed E-state index contributed by atoms with van der Waals surface area (Å²) < 4.78 is 34.0. The van der Waals surface area contributed by atoms with Gasteiger partial charge in [0, 0.05) is 12.3 Å². The van der Waals surface area contributed by atoms with Crippen LogP contribution in [-0.4, -0.2) is 34.0 Å². The molecule has 18 heavy (non-hydrogen) atoms. The molecule has 0 N–H and O–H groups in total. The molecule has 0 amide bonds. The fourth-order valence-corrected chi connectivity index (χ4v) is 2.62. The molecule has 96 valence electrons. The number of isocyanates is 1. The van der Waals surface area contributed by atoms with E-state index in [9.17, 15) is 13.2 Å². The van der Waals surface area contributed by atoms with Gasteiger partial charge in [-0.3, -0.25) is 0 Å². The molecule has 1 heterocycles. The van der Waals surface area contributed by atoms with E-state index < -0.39 is 9.84 Å². The number of benzene rings is 1. The third-order valence-electron chi connectivity index (χ3n) is 2.44. The van der Waals surface area contributed by atoms with Gasteiger partial charge in [0.15, 0.2) is 21.3 Å². The van der Waals surface area contributed by atoms with Gasteiger partial charge in [-0.25, -0.2) is 18.2 Å². The molecule has 7 heteroatoms. The van der Waals surface area contributed by atoms with E-state index in [2.05, 4.69) is 4.99 Å². The predicted molar refractivity (Wildman–Crippen MR) is 62.4 cm³/mol. The SMILES string of the molecule is CS(=O)(=O)c1cc2c(cc1CN=C=O)OCCO2. The normalized spacial score (nSPS) is 13.8. The summed E-state index contributed by atoms with van der Waals surface area (Å²) in [6.45, 7) is 0.728. The van der Waals surface area contributed by atoms with Crippen LogP contribution in [0, 0.1) is 0 Å². The second-order valence-electron chi connectivity index (χ2n) is 3.78. The average Bonchev–Trinajstić information content (AvgIpc) is 2.34. The summed E-state index contributed by atoms with van der Waals surface area (Å²) >= 11 is 0. The maximum absolute atomic E-state index is 11.7. The van der Waals surface area contributed by atoms with Crippen molar-refractivity contribution in [3.05, 3.63) is 17.7 Å². The minimum atomic E-state index is -3.42. The van der Waals surface area contributed by atoms with Crippen molar-refractivity contribution in [2.24, 2.45) is 4.99 Å². The smallest absolute Gasteiger partial charge is 0.235 e. The van der Waals surface area contributed by atoms with Crippen molar-refractivity contribution in [3.8, 4) is 11.5 Å². The number of hydrogen-bond donors (Lipinski definition) is 0. The van der Waals surface area contributed by atoms with Crippen LogP contribution < -0.4 is 9.47 Å². The average molecular weight is 269 g/mol. The fourth-order valence-electron chi connectivity index (χ4n) is 1.70. The van der Waals surface area contributed by atoms with Gasteiger partial charge in [0.25, 0.3) is 0 Å². The molecule has 0 aliphatic carbocycles. The molecule has 2 rings (SSSR count). The van der Waals surface area contributed by atoms with Gasteiger partial charge < -0.3 is 9.47 Å². The molecule has 1 aromatic rings. The second-order valence-corrected chi connectivity index (χ2v) is 5.77. The molecule has 1 aliphatic rings. The van der Waals surface area contributed by atoms with E-state index in [1.54, 1.807) is 0 Å². The first-order valence-electron chi connectivity index (χ1n) is 5.18. The van der Waals surface area contributed by atoms with E-state index >= 15 is 0 Å². The minimum Gasteiger partial charge on any atom is -0.486 e. The highest BCUT2D eigenvalue weighted by Gasteiger charge is 2.20. The molecule has 1 aromatic carbocycles. The summed E-state index contributed by atoms with van der Waals surface area (Å²) in [5, 5.41) is 0. The van der Waals surface area contributed by atoms with Crippen molar-refractivity contribution in [1.29, 1.82) is 0 Å². The van der Waals surface area contributed by atoms with Crippen molar-refractivity contribution in [2.75, 3.05) is 19.5 Å². The maximum Gasteiger partial charge on any atom is 0.235 e. The quantitative estimate of drug-likeness (QED) is 0.596. The lowest BCUT2D eigenvalue weighted by atomic mass is 10.2. The number of hydrogen-bond acceptors (Lipinski definition) is 6. The molecule has 0 fully saturated rings. The Morgan fingerprint density at radius 2 is 1.89 bits per heavy atom. The van der Waals surface area contributed by atoms with E-state index in [0.29, 0.717) is 30.3 Å². The zero-order valence-corrected chi connectivity index (χ0v) is 10.5. The van der Waals surface area contributed by atoms with Crippen molar-refractivity contribution < 1.29 is 22.7 Å². The number of nitrogens with zero attached hydrogens (tertiary/aromatic N) is 1. The number of ether oxygens (including phenoxy) is 2. The number of sulfone groups is 1. The zero-order valence-electron chi connectivity index (χ0n) is 9.67. The van der Waals surface area contributed by atoms with Crippen LogP contribution >= 0.6 is 0 Å². The zero-order chi connectivity index (χ0) is 13.2. The first-order valence-corrected chi connectivity index (χ1v) is 7.07. The Kier molecular flexibility index (Phi) is 3.36. The molecule has 0 spiro atoms. The lowest BCUT2D eigenvalue weighted by molar-refractivity contribution is 0.171. The van der Waals surface area contributed by atoms with E-state index in [4.69, 9.17) is 9.47 Å². The van der Waals surface area contributed by atoms with Gasteiger partial charge in [-0.2, -0.15) is 0 Å². The van der Waals surface area contributed by atoms with Crippen LogP contribution in [-0.2, 0) is 21.2 Å². The van der Waals surface area contributed by atoms with Crippen molar-refractivity contribution in [1.82, 2.24) is 0 Å². The van der Waals surface area contributed by atoms with Crippen LogP contribution in [0.3, 0.4) is 0 Å². The van der Waals surface area contributed by atoms with Gasteiger partial charge >= 0.3 is 0 Å². The Hall–Kier alpha value is -1.85. The van der Waals surface area contributed by atoms with Crippen LogP contribution in [0.1, 0.15) is 5.56 Å². The lowest BCUT2D eigenvalue weighted by Gasteiger charge is -2.20. The molecule has 0 bridgehead atoms. The van der Waals surface area contributed by atoms with E-state index in [1.807, 2.05) is 0 Å². The van der Waals surface area contributed by atoms with E-state index in [0.717, 1.165) is 6.26 Å². The molecule has 1 aliphatic heterocycles. The molecule has 0 unspecified atom stereocenters. The summed E-state index contributed by atoms with van der Waals surface area (Å²) in [6.07, 6.45) is 2.47. The number of fused-ring (bicyclic) bond motifs is 1. The van der Waals surface area contributed by atoms with Crippen molar-refractivity contribution in [2.45, 2.75) is 11.4 Å². The number of carbonyl (C=O) groups excluding carboxylic acids is 1. The standard InChI is InChI=1S/C11H11NO5S/c1-18(14,15)11-5-10-9(16-2-3-17-10)4-8(11)6-12-7-13/h4-5H,2-3,6H2,1H3. The molecular formula is C11H11NO5S. The van der Waals surface area contributed by atoms with Crippen LogP contribution in [0.15, 0.2) is 22.0 Å². The monoisotopic (exact) mass is 269 g/mol. The van der Waals surface area contributed by atoms with Gasteiger partial charge in [0.1, 0.15) is 13.2 Å². The molecule has 0 atom stereocenters. The van der Waals surface area contributed by atoms with Gasteiger partial charge in [0.05, 0.1) is 11.4 Å². The predicted octanol–water partition coefficient (Wildman–Crippen LogP) is 0.697. The largest absolute Gasteiger partial charge is 0.486 e. The molecule has 0 aromatic heterocycles. The minimum absolute atomic E-state index is 0.0530. The second kappa shape index (κ2) is 4.80. The highest BCUT2D eigenvalue weighted by atomic mass is 32.2. The Labute approximate surface area is 104 Å². The highest BCUT2D eigenvalue weighted by molar-refractivity contribution is 7.90. The van der Waals surface area contributed by atoms with Gasteiger partial charge in [-0.05, 0) is 11.6 Å². The van der Waals surface area contributed by atoms with Crippen molar-refractivity contribution >= 4 is 15.9 Å². The lowest BCUT2D eigenvalue weighted by Crippen LogP contribution is -2.16. The summed E-state index contributed by atoms with van der Waals surface area (Å²) in [5.41, 5.74) is 0.394. The highest BCUT2D eigenvalue weighted by Crippen LogP contribution is 2.35. The summed E-state index contributed by atoms with van der Waals surface area (Å²) in [5.74, 6) is 0.852. The van der Waals surface area contributed by atoms with Crippen molar-refractivity contribution in [3.63, 3.8) is 0 Å². The fraction of sp³-hybridized carbons (Fsp3) is 0.364. The van der Waals surface area contributed by atoms with Crippen LogP contribution in [0.2, 0.25) is 0 Å². The first-order chi connectivity index (χ1) is 8.52. The maximum atomic E-state index is 11.7. The van der Waals surface area contributed by atoms with E-state index in [-0.39, 0.29) is 11.4 Å². The Balaban J connectivity index is 2.57. The number of aliphatic imine (C=N–C) groups is 1. The Morgan fingerprint density at radius 3 is 2.44 bits per heavy atom.